The summed E-state index contributed by atoms with van der Waals surface area (Å²) < 4.78 is 0. The predicted octanol–water partition coefficient (Wildman–Crippen LogP) is 3.92. The lowest BCUT2D eigenvalue weighted by molar-refractivity contribution is 0.112. The number of rotatable bonds is 2. The topological polar surface area (TPSA) is 17.1 Å². The van der Waals surface area contributed by atoms with Crippen molar-refractivity contribution in [1.82, 2.24) is 0 Å². The lowest BCUT2D eigenvalue weighted by Crippen LogP contribution is -2.04. The van der Waals surface area contributed by atoms with Crippen LogP contribution in [0.1, 0.15) is 58.8 Å². The zero-order chi connectivity index (χ0) is 9.97. The fourth-order valence-electron chi connectivity index (χ4n) is 2.38. The quantitative estimate of drug-likeness (QED) is 0.673. The molecule has 0 unspecified atom stereocenters. The molecule has 0 amide bonds. The van der Waals surface area contributed by atoms with E-state index < -0.39 is 0 Å². The first-order valence-electron chi connectivity index (χ1n) is 5.36. The summed E-state index contributed by atoms with van der Waals surface area (Å²) >= 11 is 1.60. The second kappa shape index (κ2) is 4.26. The monoisotopic (exact) mass is 208 g/mol. The lowest BCUT2D eigenvalue weighted by Gasteiger charge is -2.21. The fraction of sp³-hybridized carbons (Fsp3) is 0.583. The molecule has 2 heteroatoms. The van der Waals surface area contributed by atoms with Gasteiger partial charge in [0, 0.05) is 0 Å². The van der Waals surface area contributed by atoms with Gasteiger partial charge in [-0.1, -0.05) is 19.3 Å². The third-order valence-corrected chi connectivity index (χ3v) is 4.30. The van der Waals surface area contributed by atoms with Crippen LogP contribution in [0.5, 0.6) is 0 Å². The molecule has 1 saturated carbocycles. The number of aldehydes is 1. The van der Waals surface area contributed by atoms with Crippen LogP contribution in [0.3, 0.4) is 0 Å². The van der Waals surface area contributed by atoms with E-state index >= 15 is 0 Å². The highest BCUT2D eigenvalue weighted by Crippen LogP contribution is 2.36. The second-order valence-corrected chi connectivity index (χ2v) is 5.04. The molecule has 0 bridgehead atoms. The number of hydrogen-bond donors (Lipinski definition) is 0. The molecule has 0 N–H and O–H groups in total. The third-order valence-electron chi connectivity index (χ3n) is 3.27. The molecule has 76 valence electrons. The highest BCUT2D eigenvalue weighted by Gasteiger charge is 2.19. The van der Waals surface area contributed by atoms with Gasteiger partial charge in [0.05, 0.1) is 4.88 Å². The van der Waals surface area contributed by atoms with Gasteiger partial charge in [0.2, 0.25) is 0 Å². The van der Waals surface area contributed by atoms with Crippen LogP contribution in [-0.4, -0.2) is 6.29 Å². The largest absolute Gasteiger partial charge is 0.297 e. The van der Waals surface area contributed by atoms with Crippen molar-refractivity contribution in [2.75, 3.05) is 0 Å². The van der Waals surface area contributed by atoms with Crippen molar-refractivity contribution in [3.8, 4) is 0 Å². The van der Waals surface area contributed by atoms with Crippen molar-refractivity contribution in [3.05, 3.63) is 21.4 Å². The van der Waals surface area contributed by atoms with E-state index in [-0.39, 0.29) is 0 Å². The van der Waals surface area contributed by atoms with Crippen molar-refractivity contribution < 1.29 is 4.79 Å². The predicted molar refractivity (Wildman–Crippen MR) is 60.3 cm³/mol. The molecule has 1 aliphatic rings. The van der Waals surface area contributed by atoms with E-state index in [1.165, 1.54) is 43.2 Å². The van der Waals surface area contributed by atoms with Gasteiger partial charge in [-0.3, -0.25) is 4.79 Å². The maximum absolute atomic E-state index is 10.7. The van der Waals surface area contributed by atoms with Crippen LogP contribution in [0.4, 0.5) is 0 Å². The molecule has 0 saturated heterocycles. The van der Waals surface area contributed by atoms with Gasteiger partial charge >= 0.3 is 0 Å². The van der Waals surface area contributed by atoms with Crippen LogP contribution in [0.15, 0.2) is 5.38 Å². The first kappa shape index (κ1) is 9.91. The first-order chi connectivity index (χ1) is 6.83. The van der Waals surface area contributed by atoms with Gasteiger partial charge in [-0.05, 0) is 42.2 Å². The molecule has 1 aromatic heterocycles. The van der Waals surface area contributed by atoms with E-state index in [0.717, 1.165) is 17.1 Å². The Labute approximate surface area is 89.1 Å². The smallest absolute Gasteiger partial charge is 0.160 e. The summed E-state index contributed by atoms with van der Waals surface area (Å²) in [5, 5.41) is 2.19. The van der Waals surface area contributed by atoms with Crippen LogP contribution in [-0.2, 0) is 0 Å². The van der Waals surface area contributed by atoms with Crippen molar-refractivity contribution in [2.24, 2.45) is 0 Å². The van der Waals surface area contributed by atoms with E-state index in [9.17, 15) is 4.79 Å². The molecule has 0 aromatic carbocycles. The van der Waals surface area contributed by atoms with Crippen LogP contribution in [0.2, 0.25) is 0 Å². The molecule has 0 atom stereocenters. The van der Waals surface area contributed by atoms with E-state index in [1.54, 1.807) is 11.3 Å². The Hall–Kier alpha value is -0.630. The Morgan fingerprint density at radius 3 is 2.64 bits per heavy atom. The standard InChI is InChI=1S/C12H16OS/c1-9-11(8-14-12(9)7-13)10-5-3-2-4-6-10/h7-8,10H,2-6H2,1H3. The molecule has 0 aliphatic heterocycles. The maximum Gasteiger partial charge on any atom is 0.160 e. The summed E-state index contributed by atoms with van der Waals surface area (Å²) in [6, 6.07) is 0. The van der Waals surface area contributed by atoms with Crippen molar-refractivity contribution in [3.63, 3.8) is 0 Å². The summed E-state index contributed by atoms with van der Waals surface area (Å²) in [5.74, 6) is 0.730. The second-order valence-electron chi connectivity index (χ2n) is 4.13. The van der Waals surface area contributed by atoms with Gasteiger partial charge in [0.15, 0.2) is 6.29 Å². The average Bonchev–Trinajstić information content (AvgIpc) is 2.61. The third kappa shape index (κ3) is 1.76. The number of carbonyl (C=O) groups is 1. The molecule has 1 aromatic rings. The minimum absolute atomic E-state index is 0.730. The Kier molecular flexibility index (Phi) is 3.02. The van der Waals surface area contributed by atoms with Crippen LogP contribution < -0.4 is 0 Å². The molecule has 2 rings (SSSR count). The molecule has 1 fully saturated rings. The summed E-state index contributed by atoms with van der Waals surface area (Å²) in [5.41, 5.74) is 2.67. The summed E-state index contributed by atoms with van der Waals surface area (Å²) in [6.07, 6.45) is 7.73. The number of carbonyl (C=O) groups excluding carboxylic acids is 1. The zero-order valence-electron chi connectivity index (χ0n) is 8.58. The van der Waals surface area contributed by atoms with Gasteiger partial charge in [0.25, 0.3) is 0 Å². The van der Waals surface area contributed by atoms with Crippen molar-refractivity contribution >= 4 is 17.6 Å². The minimum atomic E-state index is 0.730. The Bertz CT molecular complexity index is 321. The summed E-state index contributed by atoms with van der Waals surface area (Å²) in [6.45, 7) is 2.09. The first-order valence-corrected chi connectivity index (χ1v) is 6.24. The van der Waals surface area contributed by atoms with E-state index in [0.29, 0.717) is 0 Å². The van der Waals surface area contributed by atoms with Gasteiger partial charge in [-0.25, -0.2) is 0 Å². The van der Waals surface area contributed by atoms with E-state index in [2.05, 4.69) is 12.3 Å². The van der Waals surface area contributed by atoms with E-state index in [4.69, 9.17) is 0 Å². The van der Waals surface area contributed by atoms with E-state index in [1.807, 2.05) is 0 Å². The molecule has 0 spiro atoms. The van der Waals surface area contributed by atoms with Crippen molar-refractivity contribution in [1.29, 1.82) is 0 Å². The molecular weight excluding hydrogens is 192 g/mol. The Morgan fingerprint density at radius 2 is 2.07 bits per heavy atom. The molecule has 1 aliphatic carbocycles. The highest BCUT2D eigenvalue weighted by atomic mass is 32.1. The van der Waals surface area contributed by atoms with Gasteiger partial charge in [-0.2, -0.15) is 0 Å². The molecule has 14 heavy (non-hydrogen) atoms. The molecular formula is C12H16OS. The fourth-order valence-corrected chi connectivity index (χ4v) is 3.35. The van der Waals surface area contributed by atoms with Crippen LogP contribution in [0.25, 0.3) is 0 Å². The molecule has 0 radical (unpaired) electrons. The maximum atomic E-state index is 10.7. The molecule has 1 heterocycles. The Morgan fingerprint density at radius 1 is 1.36 bits per heavy atom. The zero-order valence-corrected chi connectivity index (χ0v) is 9.40. The highest BCUT2D eigenvalue weighted by molar-refractivity contribution is 7.12. The molecule has 1 nitrogen and oxygen atoms in total. The van der Waals surface area contributed by atoms with Gasteiger partial charge in [0.1, 0.15) is 0 Å². The number of hydrogen-bond acceptors (Lipinski definition) is 2. The SMILES string of the molecule is Cc1c(C2CCCCC2)csc1C=O. The van der Waals surface area contributed by atoms with Gasteiger partial charge < -0.3 is 0 Å². The summed E-state index contributed by atoms with van der Waals surface area (Å²) in [4.78, 5) is 11.7. The lowest BCUT2D eigenvalue weighted by atomic mass is 9.83. The van der Waals surface area contributed by atoms with Crippen molar-refractivity contribution in [2.45, 2.75) is 44.9 Å². The number of thiophene rings is 1. The van der Waals surface area contributed by atoms with Crippen LogP contribution >= 0.6 is 11.3 Å². The average molecular weight is 208 g/mol. The van der Waals surface area contributed by atoms with Gasteiger partial charge in [-0.15, -0.1) is 11.3 Å². The minimum Gasteiger partial charge on any atom is -0.297 e. The summed E-state index contributed by atoms with van der Waals surface area (Å²) in [7, 11) is 0. The van der Waals surface area contributed by atoms with Crippen LogP contribution in [0, 0.1) is 6.92 Å². The normalized spacial score (nSPS) is 18.4. The Balaban J connectivity index is 2.22.